The van der Waals surface area contributed by atoms with Crippen LogP contribution in [0.2, 0.25) is 0 Å². The van der Waals surface area contributed by atoms with Gasteiger partial charge in [-0.25, -0.2) is 0 Å². The maximum atomic E-state index is 12.4. The van der Waals surface area contributed by atoms with Crippen LogP contribution in [0.15, 0.2) is 53.1 Å². The number of nitrogens with one attached hydrogen (secondary N) is 2. The van der Waals surface area contributed by atoms with Gasteiger partial charge in [-0.1, -0.05) is 22.0 Å². The lowest BCUT2D eigenvalue weighted by Gasteiger charge is -2.05. The van der Waals surface area contributed by atoms with Gasteiger partial charge in [0.25, 0.3) is 5.91 Å². The van der Waals surface area contributed by atoms with Gasteiger partial charge in [0.05, 0.1) is 12.7 Å². The van der Waals surface area contributed by atoms with Crippen molar-refractivity contribution in [2.75, 3.05) is 12.4 Å². The van der Waals surface area contributed by atoms with Crippen molar-refractivity contribution >= 4 is 38.4 Å². The predicted molar refractivity (Wildman–Crippen MR) is 86.9 cm³/mol. The zero-order valence-corrected chi connectivity index (χ0v) is 12.9. The summed E-state index contributed by atoms with van der Waals surface area (Å²) in [5.41, 5.74) is 2.23. The molecule has 3 aromatic rings. The SMILES string of the molecule is COc1ccc2[nH]cc(C(=O)Nc3cccc(Br)c3)c2c1. The Morgan fingerprint density at radius 3 is 2.86 bits per heavy atom. The van der Waals surface area contributed by atoms with Gasteiger partial charge < -0.3 is 15.0 Å². The Labute approximate surface area is 130 Å². The number of aromatic nitrogens is 1. The number of ether oxygens (including phenoxy) is 1. The average Bonchev–Trinajstić information content (AvgIpc) is 2.90. The normalized spacial score (nSPS) is 10.6. The van der Waals surface area contributed by atoms with E-state index < -0.39 is 0 Å². The molecule has 4 nitrogen and oxygen atoms in total. The topological polar surface area (TPSA) is 54.1 Å². The van der Waals surface area contributed by atoms with Crippen molar-refractivity contribution in [3.63, 3.8) is 0 Å². The molecule has 0 bridgehead atoms. The van der Waals surface area contributed by atoms with Crippen LogP contribution in [-0.4, -0.2) is 18.0 Å². The van der Waals surface area contributed by atoms with Crippen LogP contribution in [0.25, 0.3) is 10.9 Å². The molecule has 21 heavy (non-hydrogen) atoms. The Bertz CT molecular complexity index is 811. The summed E-state index contributed by atoms with van der Waals surface area (Å²) in [6, 6.07) is 13.1. The minimum absolute atomic E-state index is 0.160. The molecule has 0 radical (unpaired) electrons. The Kier molecular flexibility index (Phi) is 3.66. The summed E-state index contributed by atoms with van der Waals surface area (Å²) in [5, 5.41) is 3.72. The molecule has 0 aliphatic carbocycles. The Morgan fingerprint density at radius 2 is 2.10 bits per heavy atom. The molecule has 0 aliphatic rings. The third-order valence-corrected chi connectivity index (χ3v) is 3.71. The van der Waals surface area contributed by atoms with Crippen molar-refractivity contribution in [3.8, 4) is 5.75 Å². The van der Waals surface area contributed by atoms with E-state index in [2.05, 4.69) is 26.2 Å². The van der Waals surface area contributed by atoms with Crippen LogP contribution < -0.4 is 10.1 Å². The van der Waals surface area contributed by atoms with Gasteiger partial charge in [0.15, 0.2) is 0 Å². The minimum atomic E-state index is -0.160. The number of carbonyl (C=O) groups excluding carboxylic acids is 1. The number of H-pyrrole nitrogens is 1. The molecule has 0 saturated heterocycles. The summed E-state index contributed by atoms with van der Waals surface area (Å²) in [6.07, 6.45) is 1.71. The molecule has 2 aromatic carbocycles. The number of rotatable bonds is 3. The highest BCUT2D eigenvalue weighted by Gasteiger charge is 2.13. The molecule has 0 fully saturated rings. The number of anilines is 1. The van der Waals surface area contributed by atoms with Gasteiger partial charge >= 0.3 is 0 Å². The zero-order chi connectivity index (χ0) is 14.8. The van der Waals surface area contributed by atoms with E-state index >= 15 is 0 Å². The Morgan fingerprint density at radius 1 is 1.24 bits per heavy atom. The lowest BCUT2D eigenvalue weighted by molar-refractivity contribution is 0.102. The number of amides is 1. The number of carbonyl (C=O) groups is 1. The Balaban J connectivity index is 1.94. The van der Waals surface area contributed by atoms with Crippen LogP contribution in [0.5, 0.6) is 5.75 Å². The highest BCUT2D eigenvalue weighted by molar-refractivity contribution is 9.10. The smallest absolute Gasteiger partial charge is 0.257 e. The maximum absolute atomic E-state index is 12.4. The van der Waals surface area contributed by atoms with Gasteiger partial charge in [-0.3, -0.25) is 4.79 Å². The summed E-state index contributed by atoms with van der Waals surface area (Å²) >= 11 is 3.39. The molecule has 1 amide bonds. The van der Waals surface area contributed by atoms with Gasteiger partial charge in [0, 0.05) is 27.3 Å². The van der Waals surface area contributed by atoms with E-state index in [0.717, 1.165) is 26.8 Å². The second kappa shape index (κ2) is 5.61. The van der Waals surface area contributed by atoms with Gasteiger partial charge in [-0.15, -0.1) is 0 Å². The largest absolute Gasteiger partial charge is 0.497 e. The second-order valence-corrected chi connectivity index (χ2v) is 5.49. The Hall–Kier alpha value is -2.27. The first kappa shape index (κ1) is 13.7. The standard InChI is InChI=1S/C16H13BrN2O2/c1-21-12-5-6-15-13(8-12)14(9-18-15)16(20)19-11-4-2-3-10(17)7-11/h2-9,18H,1H3,(H,19,20). The van der Waals surface area contributed by atoms with E-state index in [4.69, 9.17) is 4.74 Å². The van der Waals surface area contributed by atoms with Crippen molar-refractivity contribution in [2.24, 2.45) is 0 Å². The number of hydrogen-bond acceptors (Lipinski definition) is 2. The summed E-state index contributed by atoms with van der Waals surface area (Å²) in [7, 11) is 1.61. The van der Waals surface area contributed by atoms with Crippen molar-refractivity contribution in [3.05, 3.63) is 58.7 Å². The molecule has 1 aromatic heterocycles. The van der Waals surface area contributed by atoms with Crippen LogP contribution >= 0.6 is 15.9 Å². The van der Waals surface area contributed by atoms with Crippen LogP contribution in [-0.2, 0) is 0 Å². The van der Waals surface area contributed by atoms with Crippen molar-refractivity contribution in [2.45, 2.75) is 0 Å². The van der Waals surface area contributed by atoms with E-state index in [9.17, 15) is 4.79 Å². The molecule has 0 unspecified atom stereocenters. The molecular weight excluding hydrogens is 332 g/mol. The number of methoxy groups -OCH3 is 1. The molecular formula is C16H13BrN2O2. The summed E-state index contributed by atoms with van der Waals surface area (Å²) in [6.45, 7) is 0. The molecule has 5 heteroatoms. The van der Waals surface area contributed by atoms with Gasteiger partial charge in [0.1, 0.15) is 5.75 Å². The number of fused-ring (bicyclic) bond motifs is 1. The molecule has 0 aliphatic heterocycles. The zero-order valence-electron chi connectivity index (χ0n) is 11.3. The summed E-state index contributed by atoms with van der Waals surface area (Å²) in [4.78, 5) is 15.5. The number of hydrogen-bond donors (Lipinski definition) is 2. The molecule has 1 heterocycles. The molecule has 0 saturated carbocycles. The fraction of sp³-hybridized carbons (Fsp3) is 0.0625. The first-order valence-electron chi connectivity index (χ1n) is 6.39. The van der Waals surface area contributed by atoms with Gasteiger partial charge in [-0.05, 0) is 36.4 Å². The van der Waals surface area contributed by atoms with Crippen LogP contribution in [0.3, 0.4) is 0 Å². The molecule has 0 spiro atoms. The van der Waals surface area contributed by atoms with Crippen molar-refractivity contribution in [1.82, 2.24) is 4.98 Å². The fourth-order valence-electron chi connectivity index (χ4n) is 2.18. The van der Waals surface area contributed by atoms with Gasteiger partial charge in [0.2, 0.25) is 0 Å². The number of aromatic amines is 1. The van der Waals surface area contributed by atoms with E-state index in [0.29, 0.717) is 5.56 Å². The number of halogens is 1. The van der Waals surface area contributed by atoms with Crippen LogP contribution in [0.1, 0.15) is 10.4 Å². The highest BCUT2D eigenvalue weighted by atomic mass is 79.9. The molecule has 3 rings (SSSR count). The summed E-state index contributed by atoms with van der Waals surface area (Å²) < 4.78 is 6.13. The van der Waals surface area contributed by atoms with Gasteiger partial charge in [-0.2, -0.15) is 0 Å². The quantitative estimate of drug-likeness (QED) is 0.748. The first-order chi connectivity index (χ1) is 10.2. The lowest BCUT2D eigenvalue weighted by Crippen LogP contribution is -2.11. The molecule has 0 atom stereocenters. The van der Waals surface area contributed by atoms with Crippen molar-refractivity contribution in [1.29, 1.82) is 0 Å². The minimum Gasteiger partial charge on any atom is -0.497 e. The number of benzene rings is 2. The van der Waals surface area contributed by atoms with E-state index in [1.807, 2.05) is 42.5 Å². The van der Waals surface area contributed by atoms with E-state index in [-0.39, 0.29) is 5.91 Å². The first-order valence-corrected chi connectivity index (χ1v) is 7.19. The lowest BCUT2D eigenvalue weighted by atomic mass is 10.1. The average molecular weight is 345 g/mol. The fourth-order valence-corrected chi connectivity index (χ4v) is 2.58. The summed E-state index contributed by atoms with van der Waals surface area (Å²) in [5.74, 6) is 0.561. The third kappa shape index (κ3) is 2.78. The van der Waals surface area contributed by atoms with E-state index in [1.165, 1.54) is 0 Å². The van der Waals surface area contributed by atoms with Crippen molar-refractivity contribution < 1.29 is 9.53 Å². The maximum Gasteiger partial charge on any atom is 0.257 e. The van der Waals surface area contributed by atoms with Crippen LogP contribution in [0.4, 0.5) is 5.69 Å². The monoisotopic (exact) mass is 344 g/mol. The second-order valence-electron chi connectivity index (χ2n) is 4.58. The molecule has 106 valence electrons. The predicted octanol–water partition coefficient (Wildman–Crippen LogP) is 4.19. The molecule has 2 N–H and O–H groups in total. The van der Waals surface area contributed by atoms with Crippen LogP contribution in [0, 0.1) is 0 Å². The van der Waals surface area contributed by atoms with E-state index in [1.54, 1.807) is 13.3 Å². The third-order valence-electron chi connectivity index (χ3n) is 3.22. The highest BCUT2D eigenvalue weighted by Crippen LogP contribution is 2.24.